The number of halogens is 1. The number of rotatable bonds is 8. The van der Waals surface area contributed by atoms with Crippen LogP contribution in [0.3, 0.4) is 0 Å². The van der Waals surface area contributed by atoms with Crippen LogP contribution in [0.15, 0.2) is 40.9 Å². The zero-order valence-electron chi connectivity index (χ0n) is 11.7. The predicted molar refractivity (Wildman–Crippen MR) is 86.5 cm³/mol. The molecule has 2 aromatic carbocycles. The third-order valence-electron chi connectivity index (χ3n) is 3.07. The Kier molecular flexibility index (Phi) is 6.30. The highest BCUT2D eigenvalue weighted by molar-refractivity contribution is 9.10. The van der Waals surface area contributed by atoms with Crippen LogP contribution in [0.5, 0.6) is 5.75 Å². The Balaban J connectivity index is 1.83. The maximum atomic E-state index is 5.83. The molecule has 2 rings (SSSR count). The van der Waals surface area contributed by atoms with E-state index in [1.54, 1.807) is 7.11 Å². The van der Waals surface area contributed by atoms with Gasteiger partial charge in [0.15, 0.2) is 0 Å². The topological polar surface area (TPSA) is 30.5 Å². The summed E-state index contributed by atoms with van der Waals surface area (Å²) >= 11 is 3.63. The van der Waals surface area contributed by atoms with Crippen LogP contribution in [0.4, 0.5) is 0 Å². The fourth-order valence-corrected chi connectivity index (χ4v) is 2.61. The number of methoxy groups -OCH3 is 1. The average Bonchev–Trinajstić information content (AvgIpc) is 2.49. The van der Waals surface area contributed by atoms with Crippen LogP contribution in [-0.4, -0.2) is 33.4 Å². The van der Waals surface area contributed by atoms with Crippen molar-refractivity contribution < 1.29 is 9.47 Å². The summed E-state index contributed by atoms with van der Waals surface area (Å²) < 4.78 is 11.8. The van der Waals surface area contributed by atoms with E-state index in [0.29, 0.717) is 6.61 Å². The summed E-state index contributed by atoms with van der Waals surface area (Å²) in [6.07, 6.45) is 0.975. The zero-order valence-corrected chi connectivity index (χ0v) is 13.3. The average molecular weight is 338 g/mol. The van der Waals surface area contributed by atoms with Crippen molar-refractivity contribution in [2.24, 2.45) is 0 Å². The van der Waals surface area contributed by atoms with E-state index in [2.05, 4.69) is 39.4 Å². The molecule has 108 valence electrons. The Morgan fingerprint density at radius 2 is 1.90 bits per heavy atom. The third-order valence-corrected chi connectivity index (χ3v) is 3.88. The van der Waals surface area contributed by atoms with E-state index < -0.39 is 0 Å². The van der Waals surface area contributed by atoms with E-state index in [4.69, 9.17) is 9.47 Å². The number of hydrogen-bond donors (Lipinski definition) is 1. The lowest BCUT2D eigenvalue weighted by molar-refractivity contribution is 0.198. The summed E-state index contributed by atoms with van der Waals surface area (Å²) in [4.78, 5) is 0. The van der Waals surface area contributed by atoms with Crippen molar-refractivity contribution in [3.05, 3.63) is 40.9 Å². The van der Waals surface area contributed by atoms with Gasteiger partial charge in [0.2, 0.25) is 0 Å². The van der Waals surface area contributed by atoms with Crippen molar-refractivity contribution in [2.45, 2.75) is 6.42 Å². The van der Waals surface area contributed by atoms with Crippen molar-refractivity contribution in [2.75, 3.05) is 33.4 Å². The molecule has 0 saturated heterocycles. The molecule has 0 aliphatic carbocycles. The molecular formula is C16H20BrNO2. The van der Waals surface area contributed by atoms with Gasteiger partial charge in [-0.2, -0.15) is 0 Å². The molecule has 0 spiro atoms. The molecule has 0 heterocycles. The zero-order chi connectivity index (χ0) is 14.2. The number of hydrogen-bond acceptors (Lipinski definition) is 3. The Morgan fingerprint density at radius 3 is 2.75 bits per heavy atom. The normalized spacial score (nSPS) is 10.9. The Morgan fingerprint density at radius 1 is 1.05 bits per heavy atom. The first-order chi connectivity index (χ1) is 9.83. The fraction of sp³-hybridized carbons (Fsp3) is 0.375. The lowest BCUT2D eigenvalue weighted by Crippen LogP contribution is -2.21. The second kappa shape index (κ2) is 8.25. The Labute approximate surface area is 128 Å². The van der Waals surface area contributed by atoms with Crippen LogP contribution in [-0.2, 0) is 4.74 Å². The van der Waals surface area contributed by atoms with E-state index >= 15 is 0 Å². The lowest BCUT2D eigenvalue weighted by atomic mass is 10.1. The molecule has 4 heteroatoms. The van der Waals surface area contributed by atoms with Crippen LogP contribution in [0.25, 0.3) is 10.8 Å². The summed E-state index contributed by atoms with van der Waals surface area (Å²) in [6, 6.07) is 12.4. The van der Waals surface area contributed by atoms with Gasteiger partial charge in [-0.1, -0.05) is 30.3 Å². The molecule has 0 amide bonds. The van der Waals surface area contributed by atoms with Crippen LogP contribution in [0.2, 0.25) is 0 Å². The highest BCUT2D eigenvalue weighted by Gasteiger charge is 2.05. The van der Waals surface area contributed by atoms with Crippen molar-refractivity contribution in [3.8, 4) is 5.75 Å². The van der Waals surface area contributed by atoms with Crippen LogP contribution in [0.1, 0.15) is 6.42 Å². The Hall–Kier alpha value is -1.10. The number of fused-ring (bicyclic) bond motifs is 1. The minimum atomic E-state index is 0.705. The first kappa shape index (κ1) is 15.3. The number of nitrogens with one attached hydrogen (secondary N) is 1. The van der Waals surface area contributed by atoms with E-state index in [1.807, 2.05) is 18.2 Å². The van der Waals surface area contributed by atoms with Crippen LogP contribution in [0, 0.1) is 0 Å². The van der Waals surface area contributed by atoms with Crippen molar-refractivity contribution >= 4 is 26.7 Å². The molecule has 0 fully saturated rings. The van der Waals surface area contributed by atoms with Crippen molar-refractivity contribution in [1.29, 1.82) is 0 Å². The van der Waals surface area contributed by atoms with Gasteiger partial charge in [-0.3, -0.25) is 0 Å². The first-order valence-electron chi connectivity index (χ1n) is 6.82. The third kappa shape index (κ3) is 4.20. The van der Waals surface area contributed by atoms with Gasteiger partial charge in [-0.05, 0) is 45.7 Å². The van der Waals surface area contributed by atoms with Gasteiger partial charge in [-0.15, -0.1) is 0 Å². The molecule has 0 radical (unpaired) electrons. The highest BCUT2D eigenvalue weighted by atomic mass is 79.9. The molecule has 3 nitrogen and oxygen atoms in total. The number of ether oxygens (including phenoxy) is 2. The summed E-state index contributed by atoms with van der Waals surface area (Å²) in [5.41, 5.74) is 0. The van der Waals surface area contributed by atoms with E-state index in [1.165, 1.54) is 10.8 Å². The molecule has 0 unspecified atom stereocenters. The molecule has 0 saturated carbocycles. The van der Waals surface area contributed by atoms with Gasteiger partial charge in [0.05, 0.1) is 17.7 Å². The molecule has 0 aromatic heterocycles. The number of benzene rings is 2. The van der Waals surface area contributed by atoms with Gasteiger partial charge in [-0.25, -0.2) is 0 Å². The van der Waals surface area contributed by atoms with Gasteiger partial charge >= 0.3 is 0 Å². The van der Waals surface area contributed by atoms with E-state index in [9.17, 15) is 0 Å². The second-order valence-corrected chi connectivity index (χ2v) is 5.34. The summed E-state index contributed by atoms with van der Waals surface area (Å²) in [7, 11) is 1.71. The predicted octanol–water partition coefficient (Wildman–Crippen LogP) is 3.61. The minimum Gasteiger partial charge on any atom is -0.492 e. The van der Waals surface area contributed by atoms with Gasteiger partial charge in [0.1, 0.15) is 5.75 Å². The Bertz CT molecular complexity index is 545. The van der Waals surface area contributed by atoms with Gasteiger partial charge in [0, 0.05) is 13.7 Å². The van der Waals surface area contributed by atoms with E-state index in [-0.39, 0.29) is 0 Å². The fourth-order valence-electron chi connectivity index (χ4n) is 2.00. The first-order valence-corrected chi connectivity index (χ1v) is 7.62. The molecule has 1 N–H and O–H groups in total. The maximum absolute atomic E-state index is 5.83. The van der Waals surface area contributed by atoms with E-state index in [0.717, 1.165) is 36.3 Å². The molecule has 0 aliphatic heterocycles. The van der Waals surface area contributed by atoms with Crippen molar-refractivity contribution in [3.63, 3.8) is 0 Å². The van der Waals surface area contributed by atoms with Crippen LogP contribution >= 0.6 is 15.9 Å². The van der Waals surface area contributed by atoms with Crippen molar-refractivity contribution in [1.82, 2.24) is 5.32 Å². The molecule has 0 aliphatic rings. The summed E-state index contributed by atoms with van der Waals surface area (Å²) in [5, 5.41) is 5.70. The quantitative estimate of drug-likeness (QED) is 0.746. The largest absolute Gasteiger partial charge is 0.492 e. The lowest BCUT2D eigenvalue weighted by Gasteiger charge is -2.10. The summed E-state index contributed by atoms with van der Waals surface area (Å²) in [5.74, 6) is 0.903. The monoisotopic (exact) mass is 337 g/mol. The standard InChI is InChI=1S/C16H20BrNO2/c1-19-12-10-18-9-4-11-20-15-8-7-13-5-2-3-6-14(13)16(15)17/h2-3,5-8,18H,4,9-12H2,1H3. The second-order valence-electron chi connectivity index (χ2n) is 4.54. The molecule has 0 atom stereocenters. The highest BCUT2D eigenvalue weighted by Crippen LogP contribution is 2.32. The van der Waals surface area contributed by atoms with Crippen LogP contribution < -0.4 is 10.1 Å². The van der Waals surface area contributed by atoms with Gasteiger partial charge in [0.25, 0.3) is 0 Å². The van der Waals surface area contributed by atoms with Gasteiger partial charge < -0.3 is 14.8 Å². The molecule has 2 aromatic rings. The summed E-state index contributed by atoms with van der Waals surface area (Å²) in [6.45, 7) is 3.28. The smallest absolute Gasteiger partial charge is 0.134 e. The molecular weight excluding hydrogens is 318 g/mol. The SMILES string of the molecule is COCCNCCCOc1ccc2ccccc2c1Br. The molecule has 20 heavy (non-hydrogen) atoms. The minimum absolute atomic E-state index is 0.705. The molecule has 0 bridgehead atoms. The maximum Gasteiger partial charge on any atom is 0.134 e.